The Kier molecular flexibility index (Phi) is 7.28. The van der Waals surface area contributed by atoms with Crippen LogP contribution >= 0.6 is 11.6 Å². The summed E-state index contributed by atoms with van der Waals surface area (Å²) in [4.78, 5) is 24.0. The third-order valence-corrected chi connectivity index (χ3v) is 3.93. The van der Waals surface area contributed by atoms with E-state index in [4.69, 9.17) is 16.3 Å². The van der Waals surface area contributed by atoms with Crippen LogP contribution in [0.25, 0.3) is 0 Å². The quantitative estimate of drug-likeness (QED) is 0.679. The summed E-state index contributed by atoms with van der Waals surface area (Å²) >= 11 is 5.77. The highest BCUT2D eigenvalue weighted by Crippen LogP contribution is 2.31. The molecule has 2 N–H and O–H groups in total. The Morgan fingerprint density at radius 1 is 1.04 bits per heavy atom. The zero-order chi connectivity index (χ0) is 20.7. The summed E-state index contributed by atoms with van der Waals surface area (Å²) in [6.07, 6.45) is -5.43. The van der Waals surface area contributed by atoms with Gasteiger partial charge in [0.2, 0.25) is 0 Å². The van der Waals surface area contributed by atoms with E-state index in [0.29, 0.717) is 10.8 Å². The Balaban J connectivity index is 1.80. The van der Waals surface area contributed by atoms with Crippen LogP contribution in [0.3, 0.4) is 0 Å². The van der Waals surface area contributed by atoms with Crippen LogP contribution in [-0.4, -0.2) is 31.0 Å². The normalized spacial score (nSPS) is 12.2. The van der Waals surface area contributed by atoms with Gasteiger partial charge in [-0.1, -0.05) is 23.7 Å². The first-order valence-corrected chi connectivity index (χ1v) is 8.70. The van der Waals surface area contributed by atoms with Crippen molar-refractivity contribution in [2.75, 3.05) is 13.1 Å². The van der Waals surface area contributed by atoms with Crippen molar-refractivity contribution in [1.82, 2.24) is 10.6 Å². The molecule has 0 bridgehead atoms. The molecule has 1 unspecified atom stereocenters. The largest absolute Gasteiger partial charge is 0.481 e. The lowest BCUT2D eigenvalue weighted by molar-refractivity contribution is -0.138. The number of amides is 2. The van der Waals surface area contributed by atoms with Crippen molar-refractivity contribution < 1.29 is 27.5 Å². The Morgan fingerprint density at radius 2 is 1.64 bits per heavy atom. The van der Waals surface area contributed by atoms with E-state index < -0.39 is 35.2 Å². The van der Waals surface area contributed by atoms with Crippen molar-refractivity contribution in [2.45, 2.75) is 19.2 Å². The fourth-order valence-corrected chi connectivity index (χ4v) is 2.43. The van der Waals surface area contributed by atoms with Gasteiger partial charge in [0.1, 0.15) is 5.75 Å². The first-order valence-electron chi connectivity index (χ1n) is 8.33. The Bertz CT molecular complexity index is 826. The third-order valence-electron chi connectivity index (χ3n) is 3.68. The molecule has 9 heteroatoms. The molecule has 0 aliphatic heterocycles. The molecule has 0 aliphatic rings. The molecule has 2 aromatic carbocycles. The molecule has 5 nitrogen and oxygen atoms in total. The molecule has 0 aromatic heterocycles. The first kappa shape index (κ1) is 21.6. The maximum atomic E-state index is 12.9. The molecule has 0 aliphatic carbocycles. The van der Waals surface area contributed by atoms with Gasteiger partial charge in [0.05, 0.1) is 11.1 Å². The summed E-state index contributed by atoms with van der Waals surface area (Å²) < 4.78 is 44.3. The van der Waals surface area contributed by atoms with E-state index in [1.807, 2.05) is 0 Å². The highest BCUT2D eigenvalue weighted by atomic mass is 35.5. The maximum absolute atomic E-state index is 12.9. The minimum absolute atomic E-state index is 0.0348. The van der Waals surface area contributed by atoms with E-state index in [1.54, 1.807) is 31.2 Å². The van der Waals surface area contributed by atoms with E-state index in [-0.39, 0.29) is 13.1 Å². The van der Waals surface area contributed by atoms with Crippen molar-refractivity contribution >= 4 is 23.4 Å². The lowest BCUT2D eigenvalue weighted by Crippen LogP contribution is -2.40. The molecular weight excluding hydrogens is 397 g/mol. The molecule has 2 aromatic rings. The summed E-state index contributed by atoms with van der Waals surface area (Å²) in [6.45, 7) is 1.54. The number of hydrogen-bond acceptors (Lipinski definition) is 3. The van der Waals surface area contributed by atoms with Gasteiger partial charge in [-0.25, -0.2) is 0 Å². The molecule has 150 valence electrons. The Morgan fingerprint density at radius 3 is 2.29 bits per heavy atom. The van der Waals surface area contributed by atoms with Crippen LogP contribution < -0.4 is 15.4 Å². The molecule has 0 heterocycles. The summed E-state index contributed by atoms with van der Waals surface area (Å²) in [5, 5.41) is 5.43. The number of alkyl halides is 3. The van der Waals surface area contributed by atoms with Crippen LogP contribution in [0.1, 0.15) is 22.8 Å². The highest BCUT2D eigenvalue weighted by Gasteiger charge is 2.34. The lowest BCUT2D eigenvalue weighted by atomic mass is 10.1. The number of rotatable bonds is 7. The van der Waals surface area contributed by atoms with Gasteiger partial charge in [-0.2, -0.15) is 13.2 Å². The average Bonchev–Trinajstić information content (AvgIpc) is 2.66. The Labute approximate surface area is 164 Å². The molecule has 0 radical (unpaired) electrons. The van der Waals surface area contributed by atoms with Gasteiger partial charge in [-0.15, -0.1) is 0 Å². The number of benzene rings is 2. The molecule has 2 amide bonds. The van der Waals surface area contributed by atoms with Crippen LogP contribution in [0.5, 0.6) is 5.75 Å². The predicted octanol–water partition coefficient (Wildman–Crippen LogP) is 3.67. The van der Waals surface area contributed by atoms with Gasteiger partial charge in [-0.05, 0) is 43.3 Å². The summed E-state index contributed by atoms with van der Waals surface area (Å²) in [6, 6.07) is 11.0. The van der Waals surface area contributed by atoms with Gasteiger partial charge in [0, 0.05) is 18.1 Å². The van der Waals surface area contributed by atoms with Crippen LogP contribution in [0.2, 0.25) is 5.02 Å². The second kappa shape index (κ2) is 9.45. The minimum Gasteiger partial charge on any atom is -0.481 e. The zero-order valence-electron chi connectivity index (χ0n) is 14.8. The monoisotopic (exact) mass is 414 g/mol. The topological polar surface area (TPSA) is 67.4 Å². The van der Waals surface area contributed by atoms with Gasteiger partial charge >= 0.3 is 6.18 Å². The third kappa shape index (κ3) is 6.16. The number of ether oxygens (including phenoxy) is 1. The standard InChI is InChI=1S/C19H18ClF3N2O3/c1-12(28-14-8-6-13(20)7-9-14)17(26)24-10-11-25-18(27)15-4-2-3-5-16(15)19(21,22)23/h2-9,12H,10-11H2,1H3,(H,24,26)(H,25,27). The molecule has 0 spiro atoms. The second-order valence-corrected chi connectivity index (χ2v) is 6.24. The van der Waals surface area contributed by atoms with Crippen LogP contribution in [0.15, 0.2) is 48.5 Å². The summed E-state index contributed by atoms with van der Waals surface area (Å²) in [5.41, 5.74) is -1.48. The van der Waals surface area contributed by atoms with Crippen LogP contribution in [0.4, 0.5) is 13.2 Å². The van der Waals surface area contributed by atoms with Crippen molar-refractivity contribution in [2.24, 2.45) is 0 Å². The second-order valence-electron chi connectivity index (χ2n) is 5.80. The molecule has 28 heavy (non-hydrogen) atoms. The van der Waals surface area contributed by atoms with E-state index in [0.717, 1.165) is 12.1 Å². The smallest absolute Gasteiger partial charge is 0.417 e. The predicted molar refractivity (Wildman–Crippen MR) is 98.3 cm³/mol. The lowest BCUT2D eigenvalue weighted by Gasteiger charge is -2.15. The number of carbonyl (C=O) groups excluding carboxylic acids is 2. The number of carbonyl (C=O) groups is 2. The zero-order valence-corrected chi connectivity index (χ0v) is 15.6. The first-order chi connectivity index (χ1) is 13.2. The summed E-state index contributed by atoms with van der Waals surface area (Å²) in [5.74, 6) is -0.836. The van der Waals surface area contributed by atoms with Crippen molar-refractivity contribution in [3.8, 4) is 5.75 Å². The van der Waals surface area contributed by atoms with E-state index in [1.165, 1.54) is 12.1 Å². The molecule has 1 atom stereocenters. The van der Waals surface area contributed by atoms with Gasteiger partial charge in [0.15, 0.2) is 6.10 Å². The van der Waals surface area contributed by atoms with Crippen molar-refractivity contribution in [3.63, 3.8) is 0 Å². The van der Waals surface area contributed by atoms with Gasteiger partial charge in [0.25, 0.3) is 11.8 Å². The van der Waals surface area contributed by atoms with Crippen LogP contribution in [0, 0.1) is 0 Å². The maximum Gasteiger partial charge on any atom is 0.417 e. The minimum atomic E-state index is -4.63. The summed E-state index contributed by atoms with van der Waals surface area (Å²) in [7, 11) is 0. The molecule has 0 saturated carbocycles. The number of nitrogens with one attached hydrogen (secondary N) is 2. The molecule has 2 rings (SSSR count). The highest BCUT2D eigenvalue weighted by molar-refractivity contribution is 6.30. The fraction of sp³-hybridized carbons (Fsp3) is 0.263. The van der Waals surface area contributed by atoms with Crippen LogP contribution in [-0.2, 0) is 11.0 Å². The van der Waals surface area contributed by atoms with Crippen molar-refractivity contribution in [1.29, 1.82) is 0 Å². The fourth-order valence-electron chi connectivity index (χ4n) is 2.30. The van der Waals surface area contributed by atoms with Gasteiger partial charge in [-0.3, -0.25) is 9.59 Å². The Hall–Kier alpha value is -2.74. The van der Waals surface area contributed by atoms with Gasteiger partial charge < -0.3 is 15.4 Å². The SMILES string of the molecule is CC(Oc1ccc(Cl)cc1)C(=O)NCCNC(=O)c1ccccc1C(F)(F)F. The number of hydrogen-bond donors (Lipinski definition) is 2. The molecule has 0 saturated heterocycles. The van der Waals surface area contributed by atoms with E-state index in [2.05, 4.69) is 10.6 Å². The number of halogens is 4. The average molecular weight is 415 g/mol. The molecule has 0 fully saturated rings. The molecular formula is C19H18ClF3N2O3. The van der Waals surface area contributed by atoms with Crippen molar-refractivity contribution in [3.05, 3.63) is 64.7 Å². The van der Waals surface area contributed by atoms with E-state index in [9.17, 15) is 22.8 Å². The van der Waals surface area contributed by atoms with E-state index >= 15 is 0 Å².